The molecule has 0 aliphatic carbocycles. The molecule has 2 aliphatic rings. The van der Waals surface area contributed by atoms with Gasteiger partial charge in [-0.3, -0.25) is 14.2 Å². The van der Waals surface area contributed by atoms with Crippen molar-refractivity contribution in [2.75, 3.05) is 33.2 Å². The summed E-state index contributed by atoms with van der Waals surface area (Å²) in [4.78, 5) is 33.3. The molecule has 0 saturated carbocycles. The number of likely N-dealkylation sites (tertiary alicyclic amines) is 1. The van der Waals surface area contributed by atoms with E-state index in [9.17, 15) is 14.7 Å². The number of rotatable bonds is 8. The van der Waals surface area contributed by atoms with Gasteiger partial charge in [0.15, 0.2) is 5.56 Å². The van der Waals surface area contributed by atoms with Crippen LogP contribution in [0.1, 0.15) is 81.4 Å². The molecule has 45 heavy (non-hydrogen) atoms. The smallest absolute Gasteiger partial charge is 0.275 e. The Morgan fingerprint density at radius 3 is 2.38 bits per heavy atom. The number of aryl methyl sites for hydroxylation is 2. The third-order valence-electron chi connectivity index (χ3n) is 8.71. The van der Waals surface area contributed by atoms with Crippen molar-refractivity contribution in [3.8, 4) is 17.3 Å². The largest absolute Gasteiger partial charge is 0.495 e. The fourth-order valence-electron chi connectivity index (χ4n) is 6.24. The van der Waals surface area contributed by atoms with E-state index in [1.807, 2.05) is 37.3 Å². The summed E-state index contributed by atoms with van der Waals surface area (Å²) in [5.74, 6) is -0.133. The van der Waals surface area contributed by atoms with Gasteiger partial charge in [-0.25, -0.2) is 0 Å². The molecule has 1 amide bonds. The highest BCUT2D eigenvalue weighted by Gasteiger charge is 2.33. The number of nitrogens with one attached hydrogen (secondary N) is 1. The molecule has 8 nitrogen and oxygen atoms in total. The molecule has 3 heterocycles. The number of aromatic nitrogens is 2. The molecular formula is C37H44N4O4. The van der Waals surface area contributed by atoms with Gasteiger partial charge in [-0.1, -0.05) is 86.1 Å². The number of para-hydroxylation sites is 1. The van der Waals surface area contributed by atoms with Crippen LogP contribution in [-0.2, 0) is 6.42 Å². The maximum atomic E-state index is 13.9. The first-order valence-electron chi connectivity index (χ1n) is 17.3. The van der Waals surface area contributed by atoms with Gasteiger partial charge in [0.25, 0.3) is 11.5 Å². The summed E-state index contributed by atoms with van der Waals surface area (Å²) < 4.78 is 29.2. The minimum atomic E-state index is -2.75. The maximum Gasteiger partial charge on any atom is 0.275 e. The fraction of sp³-hybridized carbons (Fsp3) is 0.378. The number of nitrogens with zero attached hydrogens (tertiary/aromatic N) is 3. The molecule has 2 atom stereocenters. The lowest BCUT2D eigenvalue weighted by Gasteiger charge is -2.21. The van der Waals surface area contributed by atoms with E-state index in [-0.39, 0.29) is 23.2 Å². The first kappa shape index (κ1) is 28.1. The Labute approximate surface area is 269 Å². The molecule has 0 unspecified atom stereocenters. The van der Waals surface area contributed by atoms with Crippen LogP contribution in [0.15, 0.2) is 83.7 Å². The number of benzene rings is 3. The summed E-state index contributed by atoms with van der Waals surface area (Å²) in [7, 11) is -2.75. The number of amides is 1. The molecule has 0 radical (unpaired) electrons. The first-order chi connectivity index (χ1) is 23.1. The molecule has 0 spiro atoms. The van der Waals surface area contributed by atoms with Crippen molar-refractivity contribution >= 4 is 5.91 Å². The Morgan fingerprint density at radius 2 is 1.73 bits per heavy atom. The predicted molar refractivity (Wildman–Crippen MR) is 178 cm³/mol. The van der Waals surface area contributed by atoms with Crippen molar-refractivity contribution < 1.29 is 18.8 Å². The molecule has 8 heteroatoms. The van der Waals surface area contributed by atoms with E-state index >= 15 is 0 Å². The summed E-state index contributed by atoms with van der Waals surface area (Å²) in [6.07, 6.45) is 3.85. The summed E-state index contributed by atoms with van der Waals surface area (Å²) in [6.45, 7) is 6.89. The van der Waals surface area contributed by atoms with Crippen LogP contribution in [0, 0.1) is 6.92 Å². The highest BCUT2D eigenvalue weighted by atomic mass is 16.5. The zero-order chi connectivity index (χ0) is 34.3. The molecule has 2 N–H and O–H groups in total. The number of ether oxygens (including phenoxy) is 1. The standard InChI is InChI=1S/C27H31N3O4.C10H13N/c1-4-5-14-22-28-25(31)23(27(33)30(22)24-18(2)10-9-13-21(24)34-3)26(32)29-16-15-20(17-29)19-11-7-6-8-12-19;1-2-4-9(5-3-1)10-6-7-11-8-10/h6-13,20,31H,4-5,14-17H2,1-3H3;1-5,10-11H,6-8H2/t20-;10-/m00/s1/i3D3;. The van der Waals surface area contributed by atoms with Crippen molar-refractivity contribution in [1.82, 2.24) is 19.8 Å². The third-order valence-corrected chi connectivity index (χ3v) is 8.71. The van der Waals surface area contributed by atoms with E-state index in [0.29, 0.717) is 31.5 Å². The topological polar surface area (TPSA) is 96.7 Å². The van der Waals surface area contributed by atoms with Gasteiger partial charge >= 0.3 is 0 Å². The predicted octanol–water partition coefficient (Wildman–Crippen LogP) is 5.99. The van der Waals surface area contributed by atoms with Crippen molar-refractivity contribution in [1.29, 1.82) is 0 Å². The molecule has 2 aliphatic heterocycles. The number of hydrogen-bond donors (Lipinski definition) is 2. The van der Waals surface area contributed by atoms with Gasteiger partial charge in [0.1, 0.15) is 11.6 Å². The number of methoxy groups -OCH3 is 1. The Balaban J connectivity index is 0.000000343. The van der Waals surface area contributed by atoms with Gasteiger partial charge in [-0.2, -0.15) is 4.98 Å². The second-order valence-corrected chi connectivity index (χ2v) is 11.7. The van der Waals surface area contributed by atoms with Crippen molar-refractivity contribution in [3.63, 3.8) is 0 Å². The van der Waals surface area contributed by atoms with E-state index in [1.54, 1.807) is 24.0 Å². The summed E-state index contributed by atoms with van der Waals surface area (Å²) >= 11 is 0. The van der Waals surface area contributed by atoms with Crippen molar-refractivity contribution in [3.05, 3.63) is 117 Å². The molecule has 2 fully saturated rings. The first-order valence-corrected chi connectivity index (χ1v) is 15.8. The number of carbonyl (C=O) groups is 1. The lowest BCUT2D eigenvalue weighted by Crippen LogP contribution is -2.37. The van der Waals surface area contributed by atoms with Crippen LogP contribution in [0.2, 0.25) is 0 Å². The normalized spacial score (nSPS) is 18.8. The van der Waals surface area contributed by atoms with E-state index in [4.69, 9.17) is 8.85 Å². The Hall–Kier alpha value is -4.43. The second kappa shape index (κ2) is 15.0. The molecule has 3 aromatic carbocycles. The van der Waals surface area contributed by atoms with Crippen LogP contribution in [0.5, 0.6) is 11.6 Å². The van der Waals surface area contributed by atoms with E-state index in [2.05, 4.69) is 40.6 Å². The van der Waals surface area contributed by atoms with E-state index < -0.39 is 29.9 Å². The second-order valence-electron chi connectivity index (χ2n) is 11.7. The minimum absolute atomic E-state index is 0.0314. The minimum Gasteiger partial charge on any atom is -0.495 e. The summed E-state index contributed by atoms with van der Waals surface area (Å²) in [6, 6.07) is 25.4. The van der Waals surface area contributed by atoms with Gasteiger partial charge < -0.3 is 20.1 Å². The van der Waals surface area contributed by atoms with Gasteiger partial charge in [0.05, 0.1) is 16.8 Å². The SMILES string of the molecule is [2H]C([2H])([2H])Oc1cccc(C)c1-n1c(CCCC)nc(O)c(C(=O)N2CC[C@H](c3ccccc3)C2)c1=O.c1ccc([C@H]2CCNC2)cc1. The Kier molecular flexibility index (Phi) is 9.38. The average Bonchev–Trinajstić information content (AvgIpc) is 3.79. The quantitative estimate of drug-likeness (QED) is 0.254. The van der Waals surface area contributed by atoms with Crippen LogP contribution in [0.4, 0.5) is 0 Å². The lowest BCUT2D eigenvalue weighted by atomic mass is 9.99. The Morgan fingerprint density at radius 1 is 1.02 bits per heavy atom. The zero-order valence-corrected chi connectivity index (χ0v) is 26.0. The van der Waals surface area contributed by atoms with Crippen LogP contribution in [0.25, 0.3) is 5.69 Å². The van der Waals surface area contributed by atoms with Gasteiger partial charge in [-0.15, -0.1) is 0 Å². The summed E-state index contributed by atoms with van der Waals surface area (Å²) in [5.41, 5.74) is 2.17. The van der Waals surface area contributed by atoms with Gasteiger partial charge in [-0.05, 0) is 61.4 Å². The molecule has 1 aromatic heterocycles. The van der Waals surface area contributed by atoms with E-state index in [0.717, 1.165) is 30.9 Å². The van der Waals surface area contributed by atoms with Crippen molar-refractivity contribution in [2.45, 2.75) is 57.8 Å². The Bertz CT molecular complexity index is 1740. The number of aromatic hydroxyl groups is 1. The summed E-state index contributed by atoms with van der Waals surface area (Å²) in [5, 5.41) is 14.2. The number of unbranched alkanes of at least 4 members (excludes halogenated alkanes) is 1. The molecular weight excluding hydrogens is 564 g/mol. The number of hydrogen-bond acceptors (Lipinski definition) is 6. The van der Waals surface area contributed by atoms with Crippen LogP contribution in [0.3, 0.4) is 0 Å². The number of carbonyl (C=O) groups excluding carboxylic acids is 1. The molecule has 4 aromatic rings. The van der Waals surface area contributed by atoms with Crippen LogP contribution < -0.4 is 15.6 Å². The van der Waals surface area contributed by atoms with Crippen LogP contribution >= 0.6 is 0 Å². The third kappa shape index (κ3) is 7.28. The molecule has 0 bridgehead atoms. The molecule has 2 saturated heterocycles. The highest BCUT2D eigenvalue weighted by Crippen LogP contribution is 2.31. The van der Waals surface area contributed by atoms with Crippen molar-refractivity contribution in [2.24, 2.45) is 0 Å². The average molecular weight is 612 g/mol. The highest BCUT2D eigenvalue weighted by molar-refractivity contribution is 5.96. The van der Waals surface area contributed by atoms with Gasteiger partial charge in [0.2, 0.25) is 5.88 Å². The zero-order valence-electron chi connectivity index (χ0n) is 29.0. The molecule has 6 rings (SSSR count). The lowest BCUT2D eigenvalue weighted by molar-refractivity contribution is 0.0784. The monoisotopic (exact) mass is 611 g/mol. The maximum absolute atomic E-state index is 13.9. The van der Waals surface area contributed by atoms with Gasteiger partial charge in [0, 0.05) is 32.0 Å². The van der Waals surface area contributed by atoms with Crippen LogP contribution in [-0.4, -0.2) is 58.7 Å². The fourth-order valence-corrected chi connectivity index (χ4v) is 6.24. The molecule has 236 valence electrons. The van der Waals surface area contributed by atoms with E-state index in [1.165, 1.54) is 29.2 Å².